The Labute approximate surface area is 112 Å². The van der Waals surface area contributed by atoms with Crippen LogP contribution in [-0.4, -0.2) is 25.7 Å². The first-order valence-electron chi connectivity index (χ1n) is 4.81. The van der Waals surface area contributed by atoms with Gasteiger partial charge in [0.15, 0.2) is 11.0 Å². The molecule has 2 rings (SSSR count). The number of nitrogens with one attached hydrogen (secondary N) is 1. The molecule has 0 saturated carbocycles. The number of anilines is 2. The molecular weight excluding hydrogens is 279 g/mol. The van der Waals surface area contributed by atoms with Crippen molar-refractivity contribution in [2.24, 2.45) is 0 Å². The molecule has 0 radical (unpaired) electrons. The van der Waals surface area contributed by atoms with Crippen molar-refractivity contribution < 1.29 is 4.79 Å². The average Bonchev–Trinajstić information content (AvgIpc) is 2.70. The van der Waals surface area contributed by atoms with Crippen molar-refractivity contribution >= 4 is 40.7 Å². The smallest absolute Gasteiger partial charge is 0.247 e. The van der Waals surface area contributed by atoms with Gasteiger partial charge in [-0.25, -0.2) is 9.97 Å². The molecule has 18 heavy (non-hydrogen) atoms. The first kappa shape index (κ1) is 12.6. The first-order chi connectivity index (χ1) is 8.56. The number of nitrogens with two attached hydrogens (primary N) is 1. The summed E-state index contributed by atoms with van der Waals surface area (Å²) in [6.45, 7) is -0.00481. The topological polar surface area (TPSA) is 98.7 Å². The molecule has 3 N–H and O–H groups in total. The molecule has 0 saturated heterocycles. The Morgan fingerprint density at radius 3 is 2.89 bits per heavy atom. The summed E-state index contributed by atoms with van der Waals surface area (Å²) in [6.07, 6.45) is 2.79. The van der Waals surface area contributed by atoms with Crippen LogP contribution >= 0.6 is 23.2 Å². The van der Waals surface area contributed by atoms with Crippen molar-refractivity contribution in [3.05, 3.63) is 28.8 Å². The number of nitrogen functional groups attached to an aromatic ring is 1. The molecule has 0 atom stereocenters. The van der Waals surface area contributed by atoms with Crippen molar-refractivity contribution in [2.45, 2.75) is 6.54 Å². The molecule has 0 aromatic carbocycles. The number of nitrogens with zero attached hydrogens (tertiary/aromatic N) is 4. The second kappa shape index (κ2) is 5.19. The molecule has 0 unspecified atom stereocenters. The number of hydrogen-bond donors (Lipinski definition) is 2. The number of carbonyl (C=O) groups excluding carboxylic acids is 1. The number of aromatic nitrogens is 4. The van der Waals surface area contributed by atoms with Gasteiger partial charge in [0.1, 0.15) is 23.7 Å². The van der Waals surface area contributed by atoms with Crippen LogP contribution in [0, 0.1) is 0 Å². The zero-order valence-electron chi connectivity index (χ0n) is 8.97. The van der Waals surface area contributed by atoms with Gasteiger partial charge >= 0.3 is 0 Å². The highest BCUT2D eigenvalue weighted by atomic mass is 35.5. The van der Waals surface area contributed by atoms with Crippen LogP contribution in [-0.2, 0) is 11.3 Å². The maximum absolute atomic E-state index is 11.7. The summed E-state index contributed by atoms with van der Waals surface area (Å²) in [6, 6.07) is 1.59. The number of carbonyl (C=O) groups is 1. The predicted octanol–water partition coefficient (Wildman–Crippen LogP) is 1.20. The highest BCUT2D eigenvalue weighted by Gasteiger charge is 2.11. The van der Waals surface area contributed by atoms with Crippen LogP contribution in [0.15, 0.2) is 18.6 Å². The summed E-state index contributed by atoms with van der Waals surface area (Å²) in [5.74, 6) is 0.141. The lowest BCUT2D eigenvalue weighted by molar-refractivity contribution is -0.116. The van der Waals surface area contributed by atoms with Gasteiger partial charge in [-0.15, -0.1) is 0 Å². The molecule has 7 nitrogen and oxygen atoms in total. The van der Waals surface area contributed by atoms with Crippen molar-refractivity contribution in [2.75, 3.05) is 11.1 Å². The number of halogens is 2. The molecule has 2 aromatic heterocycles. The number of amides is 1. The molecule has 0 aliphatic heterocycles. The zero-order chi connectivity index (χ0) is 13.1. The summed E-state index contributed by atoms with van der Waals surface area (Å²) < 4.78 is 1.39. The minimum atomic E-state index is -0.352. The van der Waals surface area contributed by atoms with Crippen LogP contribution in [0.5, 0.6) is 0 Å². The van der Waals surface area contributed by atoms with Crippen LogP contribution < -0.4 is 11.1 Å². The minimum Gasteiger partial charge on any atom is -0.382 e. The van der Waals surface area contributed by atoms with Crippen LogP contribution in [0.1, 0.15) is 0 Å². The van der Waals surface area contributed by atoms with E-state index in [1.807, 2.05) is 0 Å². The van der Waals surface area contributed by atoms with Crippen LogP contribution in [0.4, 0.5) is 11.6 Å². The summed E-state index contributed by atoms with van der Waals surface area (Å²) in [7, 11) is 0. The Kier molecular flexibility index (Phi) is 3.63. The molecule has 2 aromatic rings. The summed E-state index contributed by atoms with van der Waals surface area (Å²) in [4.78, 5) is 19.2. The van der Waals surface area contributed by atoms with Crippen molar-refractivity contribution in [1.29, 1.82) is 0 Å². The summed E-state index contributed by atoms with van der Waals surface area (Å²) in [5, 5.41) is 6.54. The maximum Gasteiger partial charge on any atom is 0.247 e. The lowest BCUT2D eigenvalue weighted by Gasteiger charge is -2.06. The largest absolute Gasteiger partial charge is 0.382 e. The standard InChI is InChI=1S/C9H8Cl2N6O/c10-7-8(11)13-4-14-9(7)15-6(18)3-17-2-1-5(12)16-17/h1-2,4H,3H2,(H2,12,16)(H,13,14,15,18). The molecular formula is C9H8Cl2N6O. The maximum atomic E-state index is 11.7. The fraction of sp³-hybridized carbons (Fsp3) is 0.111. The molecule has 0 bridgehead atoms. The van der Waals surface area contributed by atoms with Gasteiger partial charge in [-0.3, -0.25) is 9.48 Å². The highest BCUT2D eigenvalue weighted by molar-refractivity contribution is 6.42. The second-order valence-corrected chi connectivity index (χ2v) is 4.05. The molecule has 94 valence electrons. The zero-order valence-corrected chi connectivity index (χ0v) is 10.5. The Morgan fingerprint density at radius 2 is 2.22 bits per heavy atom. The van der Waals surface area contributed by atoms with E-state index >= 15 is 0 Å². The average molecular weight is 287 g/mol. The molecule has 1 amide bonds. The highest BCUT2D eigenvalue weighted by Crippen LogP contribution is 2.25. The summed E-state index contributed by atoms with van der Waals surface area (Å²) >= 11 is 11.5. The van der Waals surface area contributed by atoms with E-state index in [2.05, 4.69) is 20.4 Å². The second-order valence-electron chi connectivity index (χ2n) is 3.31. The Hall–Kier alpha value is -1.86. The third-order valence-corrected chi connectivity index (χ3v) is 2.71. The lowest BCUT2D eigenvalue weighted by atomic mass is 10.5. The van der Waals surface area contributed by atoms with E-state index in [1.165, 1.54) is 11.0 Å². The third kappa shape index (κ3) is 2.88. The Bertz CT molecular complexity index is 584. The van der Waals surface area contributed by atoms with E-state index in [9.17, 15) is 4.79 Å². The number of rotatable bonds is 3. The normalized spacial score (nSPS) is 10.3. The number of hydrogen-bond acceptors (Lipinski definition) is 5. The van der Waals surface area contributed by atoms with Gasteiger partial charge in [0.25, 0.3) is 0 Å². The molecule has 2 heterocycles. The van der Waals surface area contributed by atoms with E-state index in [1.54, 1.807) is 12.3 Å². The van der Waals surface area contributed by atoms with Gasteiger partial charge in [-0.05, 0) is 6.07 Å². The molecule has 0 aliphatic carbocycles. The Morgan fingerprint density at radius 1 is 1.44 bits per heavy atom. The lowest BCUT2D eigenvalue weighted by Crippen LogP contribution is -2.20. The predicted molar refractivity (Wildman–Crippen MR) is 67.3 cm³/mol. The first-order valence-corrected chi connectivity index (χ1v) is 5.56. The van der Waals surface area contributed by atoms with Crippen molar-refractivity contribution in [3.8, 4) is 0 Å². The van der Waals surface area contributed by atoms with Gasteiger partial charge in [-0.2, -0.15) is 5.10 Å². The van der Waals surface area contributed by atoms with E-state index in [0.29, 0.717) is 5.82 Å². The van der Waals surface area contributed by atoms with E-state index < -0.39 is 0 Å². The quantitative estimate of drug-likeness (QED) is 0.826. The van der Waals surface area contributed by atoms with Crippen LogP contribution in [0.2, 0.25) is 10.2 Å². The molecule has 0 aliphatic rings. The van der Waals surface area contributed by atoms with E-state index in [0.717, 1.165) is 0 Å². The van der Waals surface area contributed by atoms with Crippen LogP contribution in [0.25, 0.3) is 0 Å². The monoisotopic (exact) mass is 286 g/mol. The SMILES string of the molecule is Nc1ccn(CC(=O)Nc2ncnc(Cl)c2Cl)n1. The van der Waals surface area contributed by atoms with Gasteiger partial charge in [0.2, 0.25) is 5.91 Å². The minimum absolute atomic E-state index is 0.00481. The Balaban J connectivity index is 2.05. The van der Waals surface area contributed by atoms with E-state index in [4.69, 9.17) is 28.9 Å². The van der Waals surface area contributed by atoms with E-state index in [-0.39, 0.29) is 28.4 Å². The van der Waals surface area contributed by atoms with Gasteiger partial charge in [0, 0.05) is 6.20 Å². The third-order valence-electron chi connectivity index (χ3n) is 1.97. The fourth-order valence-electron chi connectivity index (χ4n) is 1.22. The van der Waals surface area contributed by atoms with Crippen molar-refractivity contribution in [1.82, 2.24) is 19.7 Å². The molecule has 9 heteroatoms. The van der Waals surface area contributed by atoms with Gasteiger partial charge < -0.3 is 11.1 Å². The van der Waals surface area contributed by atoms with Crippen LogP contribution in [0.3, 0.4) is 0 Å². The van der Waals surface area contributed by atoms with Crippen molar-refractivity contribution in [3.63, 3.8) is 0 Å². The molecule has 0 fully saturated rings. The summed E-state index contributed by atoms with van der Waals surface area (Å²) in [5.41, 5.74) is 5.43. The van der Waals surface area contributed by atoms with Gasteiger partial charge in [-0.1, -0.05) is 23.2 Å². The van der Waals surface area contributed by atoms with Gasteiger partial charge in [0.05, 0.1) is 0 Å². The fourth-order valence-corrected chi connectivity index (χ4v) is 1.50. The molecule has 0 spiro atoms.